The molecule has 2 fully saturated rings. The van der Waals surface area contributed by atoms with Crippen LogP contribution in [-0.2, 0) is 11.3 Å². The number of thiazole rings is 1. The van der Waals surface area contributed by atoms with Gasteiger partial charge in [0.1, 0.15) is 0 Å². The Morgan fingerprint density at radius 1 is 1.50 bits per heavy atom. The van der Waals surface area contributed by atoms with Gasteiger partial charge >= 0.3 is 0 Å². The molecule has 1 N–H and O–H groups in total. The molecule has 3 rings (SSSR count). The fourth-order valence-electron chi connectivity index (χ4n) is 2.51. The van der Waals surface area contributed by atoms with Crippen LogP contribution in [0.4, 0.5) is 5.13 Å². The summed E-state index contributed by atoms with van der Waals surface area (Å²) in [5.74, 6) is 0.610. The molecule has 1 aromatic rings. The van der Waals surface area contributed by atoms with E-state index in [4.69, 9.17) is 9.72 Å². The van der Waals surface area contributed by atoms with Crippen LogP contribution in [0.1, 0.15) is 42.7 Å². The number of hydrogen-bond acceptors (Lipinski definition) is 5. The van der Waals surface area contributed by atoms with E-state index in [-0.39, 0.29) is 6.61 Å². The van der Waals surface area contributed by atoms with Gasteiger partial charge in [0.25, 0.3) is 0 Å². The number of aliphatic hydroxyl groups excluding tert-OH is 1. The lowest BCUT2D eigenvalue weighted by Gasteiger charge is -2.34. The minimum absolute atomic E-state index is 0.130. The Balaban J connectivity index is 1.85. The lowest BCUT2D eigenvalue weighted by molar-refractivity contribution is 0.0929. The Kier molecular flexibility index (Phi) is 3.54. The molecule has 1 aliphatic heterocycles. The van der Waals surface area contributed by atoms with E-state index < -0.39 is 0 Å². The number of aromatic nitrogens is 1. The monoisotopic (exact) mass is 268 g/mol. The van der Waals surface area contributed by atoms with E-state index in [1.165, 1.54) is 12.8 Å². The lowest BCUT2D eigenvalue weighted by Crippen LogP contribution is -2.45. The highest BCUT2D eigenvalue weighted by atomic mass is 32.1. The van der Waals surface area contributed by atoms with Crippen molar-refractivity contribution in [2.45, 2.75) is 44.8 Å². The Hall–Kier alpha value is -0.650. The summed E-state index contributed by atoms with van der Waals surface area (Å²) in [5, 5.41) is 10.5. The van der Waals surface area contributed by atoms with Gasteiger partial charge in [0.05, 0.1) is 36.4 Å². The first kappa shape index (κ1) is 12.4. The largest absolute Gasteiger partial charge is 0.391 e. The maximum Gasteiger partial charge on any atom is 0.186 e. The average molecular weight is 268 g/mol. The summed E-state index contributed by atoms with van der Waals surface area (Å²) in [6, 6.07) is 0.434. The summed E-state index contributed by atoms with van der Waals surface area (Å²) in [4.78, 5) is 8.22. The van der Waals surface area contributed by atoms with Gasteiger partial charge in [-0.1, -0.05) is 18.3 Å². The van der Waals surface area contributed by atoms with Crippen molar-refractivity contribution in [3.63, 3.8) is 0 Å². The Morgan fingerprint density at radius 2 is 2.33 bits per heavy atom. The van der Waals surface area contributed by atoms with Gasteiger partial charge in [0, 0.05) is 12.5 Å². The topological polar surface area (TPSA) is 45.6 Å². The van der Waals surface area contributed by atoms with Gasteiger partial charge in [-0.25, -0.2) is 4.98 Å². The van der Waals surface area contributed by atoms with Crippen molar-refractivity contribution in [2.75, 3.05) is 24.7 Å². The average Bonchev–Trinajstić information content (AvgIpc) is 3.18. The molecule has 2 heterocycles. The number of aliphatic hydroxyl groups is 1. The lowest BCUT2D eigenvalue weighted by atomic mass is 10.2. The number of nitrogens with zero attached hydrogens (tertiary/aromatic N) is 2. The summed E-state index contributed by atoms with van der Waals surface area (Å²) in [6.07, 6.45) is 3.54. The van der Waals surface area contributed by atoms with Crippen molar-refractivity contribution in [1.82, 2.24) is 4.98 Å². The quantitative estimate of drug-likeness (QED) is 0.908. The van der Waals surface area contributed by atoms with Crippen molar-refractivity contribution in [3.05, 3.63) is 10.6 Å². The molecule has 0 aromatic carbocycles. The van der Waals surface area contributed by atoms with E-state index in [1.54, 1.807) is 11.3 Å². The van der Waals surface area contributed by atoms with E-state index in [0.29, 0.717) is 12.0 Å². The maximum absolute atomic E-state index is 9.46. The molecule has 18 heavy (non-hydrogen) atoms. The molecule has 1 saturated heterocycles. The van der Waals surface area contributed by atoms with Crippen LogP contribution < -0.4 is 4.90 Å². The number of anilines is 1. The van der Waals surface area contributed by atoms with Crippen LogP contribution in [0.15, 0.2) is 0 Å². The fraction of sp³-hybridized carbons (Fsp3) is 0.769. The van der Waals surface area contributed by atoms with Gasteiger partial charge in [-0.3, -0.25) is 0 Å². The van der Waals surface area contributed by atoms with Crippen molar-refractivity contribution in [3.8, 4) is 0 Å². The van der Waals surface area contributed by atoms with Gasteiger partial charge in [-0.2, -0.15) is 0 Å². The molecule has 0 amide bonds. The van der Waals surface area contributed by atoms with Crippen molar-refractivity contribution < 1.29 is 9.84 Å². The molecule has 0 radical (unpaired) electrons. The van der Waals surface area contributed by atoms with Gasteiger partial charge in [0.15, 0.2) is 5.13 Å². The summed E-state index contributed by atoms with van der Waals surface area (Å²) in [6.45, 7) is 4.81. The molecule has 1 atom stereocenters. The predicted molar refractivity (Wildman–Crippen MR) is 72.3 cm³/mol. The molecule has 4 nitrogen and oxygen atoms in total. The number of ether oxygens (including phenoxy) is 1. The highest BCUT2D eigenvalue weighted by Gasteiger charge is 2.32. The molecule has 1 aromatic heterocycles. The summed E-state index contributed by atoms with van der Waals surface area (Å²) in [7, 11) is 0. The number of rotatable bonds is 4. The molecule has 2 aliphatic rings. The highest BCUT2D eigenvalue weighted by Crippen LogP contribution is 2.44. The zero-order valence-corrected chi connectivity index (χ0v) is 11.6. The van der Waals surface area contributed by atoms with E-state index in [2.05, 4.69) is 11.8 Å². The Morgan fingerprint density at radius 3 is 3.00 bits per heavy atom. The van der Waals surface area contributed by atoms with Gasteiger partial charge in [-0.05, 0) is 19.3 Å². The second kappa shape index (κ2) is 5.15. The first-order chi connectivity index (χ1) is 8.83. The second-order valence-electron chi connectivity index (χ2n) is 5.07. The van der Waals surface area contributed by atoms with E-state index in [0.717, 1.165) is 41.9 Å². The van der Waals surface area contributed by atoms with Gasteiger partial charge in [-0.15, -0.1) is 0 Å². The van der Waals surface area contributed by atoms with Crippen LogP contribution in [0.5, 0.6) is 0 Å². The molecular formula is C13H20N2O2S. The summed E-state index contributed by atoms with van der Waals surface area (Å²) < 4.78 is 5.53. The first-order valence-electron chi connectivity index (χ1n) is 6.78. The van der Waals surface area contributed by atoms with Crippen molar-refractivity contribution >= 4 is 16.5 Å². The molecule has 1 saturated carbocycles. The van der Waals surface area contributed by atoms with Crippen molar-refractivity contribution in [1.29, 1.82) is 0 Å². The molecule has 0 spiro atoms. The fourth-order valence-corrected chi connectivity index (χ4v) is 3.61. The van der Waals surface area contributed by atoms with Crippen LogP contribution in [0.25, 0.3) is 0 Å². The number of morpholine rings is 1. The third kappa shape index (κ3) is 2.27. The normalized spacial score (nSPS) is 24.6. The van der Waals surface area contributed by atoms with Crippen LogP contribution in [0, 0.1) is 0 Å². The SMILES string of the molecule is CCC1COCCN1c1nc(C2CC2)c(CO)s1. The standard InChI is InChI=1S/C13H20N2O2S/c1-2-10-8-17-6-5-15(10)13-14-12(9-3-4-9)11(7-16)18-13/h9-10,16H,2-8H2,1H3. The zero-order chi connectivity index (χ0) is 12.5. The highest BCUT2D eigenvalue weighted by molar-refractivity contribution is 7.15. The molecule has 5 heteroatoms. The van der Waals surface area contributed by atoms with Crippen LogP contribution >= 0.6 is 11.3 Å². The number of hydrogen-bond donors (Lipinski definition) is 1. The van der Waals surface area contributed by atoms with E-state index in [1.807, 2.05) is 0 Å². The summed E-state index contributed by atoms with van der Waals surface area (Å²) >= 11 is 1.66. The van der Waals surface area contributed by atoms with Gasteiger partial charge < -0.3 is 14.7 Å². The minimum Gasteiger partial charge on any atom is -0.391 e. The van der Waals surface area contributed by atoms with Gasteiger partial charge in [0.2, 0.25) is 0 Å². The molecule has 0 bridgehead atoms. The first-order valence-corrected chi connectivity index (χ1v) is 7.60. The maximum atomic E-state index is 9.46. The van der Waals surface area contributed by atoms with E-state index in [9.17, 15) is 5.11 Å². The smallest absolute Gasteiger partial charge is 0.186 e. The third-order valence-electron chi connectivity index (χ3n) is 3.77. The zero-order valence-electron chi connectivity index (χ0n) is 10.8. The van der Waals surface area contributed by atoms with Crippen LogP contribution in [0.3, 0.4) is 0 Å². The molecular weight excluding hydrogens is 248 g/mol. The predicted octanol–water partition coefficient (Wildman–Crippen LogP) is 2.13. The van der Waals surface area contributed by atoms with Crippen LogP contribution in [0.2, 0.25) is 0 Å². The third-order valence-corrected chi connectivity index (χ3v) is 4.86. The molecule has 1 unspecified atom stereocenters. The second-order valence-corrected chi connectivity index (χ2v) is 6.13. The summed E-state index contributed by atoms with van der Waals surface area (Å²) in [5.41, 5.74) is 1.15. The minimum atomic E-state index is 0.130. The van der Waals surface area contributed by atoms with Crippen LogP contribution in [-0.4, -0.2) is 35.9 Å². The van der Waals surface area contributed by atoms with Crippen molar-refractivity contribution in [2.24, 2.45) is 0 Å². The Labute approximate surface area is 112 Å². The Bertz CT molecular complexity index is 417. The molecule has 1 aliphatic carbocycles. The molecule has 100 valence electrons. The van der Waals surface area contributed by atoms with E-state index >= 15 is 0 Å².